The van der Waals surface area contributed by atoms with E-state index in [9.17, 15) is 4.79 Å². The number of hydrogen-bond donors (Lipinski definition) is 1. The number of likely N-dealkylation sites (N-methyl/N-ethyl adjacent to an activating group) is 1. The van der Waals surface area contributed by atoms with Gasteiger partial charge in [-0.15, -0.1) is 0 Å². The van der Waals surface area contributed by atoms with Crippen LogP contribution in [0.15, 0.2) is 6.07 Å². The monoisotopic (exact) mass is 262 g/mol. The minimum atomic E-state index is -0.113. The first-order valence-electron chi connectivity index (χ1n) is 6.92. The van der Waals surface area contributed by atoms with Gasteiger partial charge in [0, 0.05) is 24.7 Å². The molecule has 1 atom stereocenters. The molecule has 5 nitrogen and oxygen atoms in total. The van der Waals surface area contributed by atoms with E-state index in [1.165, 1.54) is 0 Å². The number of carbonyl (C=O) groups is 1. The first kappa shape index (κ1) is 13.9. The lowest BCUT2D eigenvalue weighted by Gasteiger charge is -2.28. The molecule has 2 heterocycles. The van der Waals surface area contributed by atoms with Gasteiger partial charge in [-0.3, -0.25) is 4.79 Å². The molecule has 1 N–H and O–H groups in total. The number of likely N-dealkylation sites (tertiary alicyclic amines) is 1. The van der Waals surface area contributed by atoms with Crippen LogP contribution in [0.3, 0.4) is 0 Å². The van der Waals surface area contributed by atoms with Crippen molar-refractivity contribution in [2.45, 2.75) is 32.6 Å². The zero-order valence-corrected chi connectivity index (χ0v) is 11.9. The van der Waals surface area contributed by atoms with Crippen LogP contribution in [0.5, 0.6) is 0 Å². The van der Waals surface area contributed by atoms with Gasteiger partial charge in [-0.2, -0.15) is 0 Å². The second-order valence-corrected chi connectivity index (χ2v) is 5.21. The number of nitrogens with one attached hydrogen (secondary N) is 1. The van der Waals surface area contributed by atoms with Gasteiger partial charge >= 0.3 is 0 Å². The second-order valence-electron chi connectivity index (χ2n) is 5.21. The van der Waals surface area contributed by atoms with Crippen molar-refractivity contribution in [3.05, 3.63) is 23.3 Å². The number of carbonyl (C=O) groups excluding carboxylic acids is 1. The number of piperidine rings is 1. The molecule has 1 aliphatic heterocycles. The Morgan fingerprint density at radius 3 is 3.00 bits per heavy atom. The van der Waals surface area contributed by atoms with Crippen LogP contribution in [0.4, 0.5) is 0 Å². The Bertz CT molecular complexity index is 461. The molecular formula is C14H22N4O. The van der Waals surface area contributed by atoms with Gasteiger partial charge in [-0.25, -0.2) is 9.97 Å². The first-order valence-corrected chi connectivity index (χ1v) is 6.92. The molecule has 1 amide bonds. The molecule has 2 rings (SSSR count). The fraction of sp³-hybridized carbons (Fsp3) is 0.643. The molecule has 0 saturated carbocycles. The highest BCUT2D eigenvalue weighted by Crippen LogP contribution is 2.23. The highest BCUT2D eigenvalue weighted by atomic mass is 16.1. The van der Waals surface area contributed by atoms with Crippen LogP contribution in [0, 0.1) is 6.92 Å². The minimum absolute atomic E-state index is 0.113. The quantitative estimate of drug-likeness (QED) is 0.893. The fourth-order valence-corrected chi connectivity index (χ4v) is 2.52. The maximum absolute atomic E-state index is 11.9. The zero-order valence-electron chi connectivity index (χ0n) is 11.9. The van der Waals surface area contributed by atoms with E-state index in [0.717, 1.165) is 37.4 Å². The number of aromatic nitrogens is 2. The van der Waals surface area contributed by atoms with E-state index in [-0.39, 0.29) is 5.91 Å². The molecule has 0 radical (unpaired) electrons. The molecule has 5 heteroatoms. The smallest absolute Gasteiger partial charge is 0.270 e. The zero-order chi connectivity index (χ0) is 13.8. The van der Waals surface area contributed by atoms with Crippen molar-refractivity contribution in [1.82, 2.24) is 20.2 Å². The summed E-state index contributed by atoms with van der Waals surface area (Å²) in [6, 6.07) is 1.75. The normalized spacial score (nSPS) is 20.3. The van der Waals surface area contributed by atoms with Gasteiger partial charge in [-0.1, -0.05) is 0 Å². The summed E-state index contributed by atoms with van der Waals surface area (Å²) < 4.78 is 0. The van der Waals surface area contributed by atoms with Gasteiger partial charge in [0.25, 0.3) is 5.91 Å². The van der Waals surface area contributed by atoms with Crippen LogP contribution in [0.1, 0.15) is 47.7 Å². The Morgan fingerprint density at radius 2 is 2.32 bits per heavy atom. The van der Waals surface area contributed by atoms with Crippen molar-refractivity contribution < 1.29 is 4.79 Å². The van der Waals surface area contributed by atoms with Gasteiger partial charge in [0.2, 0.25) is 0 Å². The van der Waals surface area contributed by atoms with E-state index < -0.39 is 0 Å². The van der Waals surface area contributed by atoms with Crippen LogP contribution in [0.2, 0.25) is 0 Å². The molecule has 0 unspecified atom stereocenters. The van der Waals surface area contributed by atoms with Crippen molar-refractivity contribution in [3.8, 4) is 0 Å². The molecule has 1 aliphatic rings. The molecule has 1 aromatic heterocycles. The summed E-state index contributed by atoms with van der Waals surface area (Å²) in [5.41, 5.74) is 1.34. The Labute approximate surface area is 114 Å². The molecule has 1 saturated heterocycles. The lowest BCUT2D eigenvalue weighted by atomic mass is 9.97. The fourth-order valence-electron chi connectivity index (χ4n) is 2.52. The third-order valence-electron chi connectivity index (χ3n) is 3.43. The third-order valence-corrected chi connectivity index (χ3v) is 3.43. The molecular weight excluding hydrogens is 240 g/mol. The molecule has 0 spiro atoms. The molecule has 1 fully saturated rings. The van der Waals surface area contributed by atoms with Gasteiger partial charge in [0.05, 0.1) is 0 Å². The highest BCUT2D eigenvalue weighted by molar-refractivity contribution is 5.92. The maximum atomic E-state index is 11.9. The van der Waals surface area contributed by atoms with Crippen LogP contribution in [-0.4, -0.2) is 47.5 Å². The predicted molar refractivity (Wildman–Crippen MR) is 74.2 cm³/mol. The summed E-state index contributed by atoms with van der Waals surface area (Å²) in [5, 5.41) is 2.79. The molecule has 0 bridgehead atoms. The highest BCUT2D eigenvalue weighted by Gasteiger charge is 2.22. The van der Waals surface area contributed by atoms with Crippen LogP contribution >= 0.6 is 0 Å². The summed E-state index contributed by atoms with van der Waals surface area (Å²) in [4.78, 5) is 23.2. The van der Waals surface area contributed by atoms with E-state index in [1.54, 1.807) is 6.07 Å². The second kappa shape index (κ2) is 6.10. The average Bonchev–Trinajstić information content (AvgIpc) is 2.38. The predicted octanol–water partition coefficient (Wildman–Crippen LogP) is 1.34. The van der Waals surface area contributed by atoms with E-state index in [0.29, 0.717) is 18.2 Å². The Balaban J connectivity index is 2.23. The van der Waals surface area contributed by atoms with Gasteiger partial charge in [0.1, 0.15) is 11.5 Å². The summed E-state index contributed by atoms with van der Waals surface area (Å²) >= 11 is 0. The Morgan fingerprint density at radius 1 is 1.53 bits per heavy atom. The lowest BCUT2D eigenvalue weighted by molar-refractivity contribution is 0.0950. The number of nitrogens with zero attached hydrogens (tertiary/aromatic N) is 3. The Hall–Kier alpha value is -1.49. The van der Waals surface area contributed by atoms with E-state index in [1.807, 2.05) is 13.8 Å². The van der Waals surface area contributed by atoms with Crippen molar-refractivity contribution in [2.75, 3.05) is 26.7 Å². The summed E-state index contributed by atoms with van der Waals surface area (Å²) in [7, 11) is 2.12. The lowest BCUT2D eigenvalue weighted by Crippen LogP contribution is -2.32. The number of hydrogen-bond acceptors (Lipinski definition) is 4. The number of aryl methyl sites for hydroxylation is 1. The summed E-state index contributed by atoms with van der Waals surface area (Å²) in [5.74, 6) is 1.04. The van der Waals surface area contributed by atoms with Crippen molar-refractivity contribution in [3.63, 3.8) is 0 Å². The minimum Gasteiger partial charge on any atom is -0.351 e. The topological polar surface area (TPSA) is 58.1 Å². The van der Waals surface area contributed by atoms with Crippen molar-refractivity contribution in [1.29, 1.82) is 0 Å². The Kier molecular flexibility index (Phi) is 4.47. The first-order chi connectivity index (χ1) is 9.10. The van der Waals surface area contributed by atoms with Crippen molar-refractivity contribution >= 4 is 5.91 Å². The van der Waals surface area contributed by atoms with Crippen LogP contribution < -0.4 is 5.32 Å². The molecule has 0 aromatic carbocycles. The SMILES string of the molecule is CCNC(=O)c1cc(C)nc([C@@H]2CCCN(C)C2)n1. The molecule has 19 heavy (non-hydrogen) atoms. The number of amides is 1. The molecule has 0 aliphatic carbocycles. The van der Waals surface area contributed by atoms with Gasteiger partial charge < -0.3 is 10.2 Å². The largest absolute Gasteiger partial charge is 0.351 e. The van der Waals surface area contributed by atoms with Gasteiger partial charge in [0.15, 0.2) is 0 Å². The summed E-state index contributed by atoms with van der Waals surface area (Å²) in [6.07, 6.45) is 2.26. The van der Waals surface area contributed by atoms with Crippen molar-refractivity contribution in [2.24, 2.45) is 0 Å². The van der Waals surface area contributed by atoms with E-state index >= 15 is 0 Å². The van der Waals surface area contributed by atoms with E-state index in [4.69, 9.17) is 0 Å². The number of rotatable bonds is 3. The standard InChI is InChI=1S/C14H22N4O/c1-4-15-14(19)12-8-10(2)16-13(17-12)11-6-5-7-18(3)9-11/h8,11H,4-7,9H2,1-3H3,(H,15,19)/t11-/m1/s1. The van der Waals surface area contributed by atoms with Crippen LogP contribution in [-0.2, 0) is 0 Å². The molecule has 1 aromatic rings. The maximum Gasteiger partial charge on any atom is 0.270 e. The van der Waals surface area contributed by atoms with Gasteiger partial charge in [-0.05, 0) is 46.3 Å². The summed E-state index contributed by atoms with van der Waals surface area (Å²) in [6.45, 7) is 6.54. The van der Waals surface area contributed by atoms with E-state index in [2.05, 4.69) is 27.2 Å². The third kappa shape index (κ3) is 3.50. The average molecular weight is 262 g/mol. The van der Waals surface area contributed by atoms with Crippen LogP contribution in [0.25, 0.3) is 0 Å². The molecule has 104 valence electrons.